The third-order valence-electron chi connectivity index (χ3n) is 4.19. The quantitative estimate of drug-likeness (QED) is 0.857. The van der Waals surface area contributed by atoms with E-state index in [9.17, 15) is 9.59 Å². The molecule has 1 aliphatic heterocycles. The maximum Gasteiger partial charge on any atom is 0.256 e. The molecule has 2 aromatic rings. The second-order valence-electron chi connectivity index (χ2n) is 6.22. The van der Waals surface area contributed by atoms with Crippen LogP contribution in [0.1, 0.15) is 23.1 Å². The molecule has 4 nitrogen and oxygen atoms in total. The van der Waals surface area contributed by atoms with Crippen LogP contribution in [0.25, 0.3) is 0 Å². The summed E-state index contributed by atoms with van der Waals surface area (Å²) in [5.41, 5.74) is 4.45. The molecule has 3 rings (SSSR count). The highest BCUT2D eigenvalue weighted by atomic mass is 35.5. The highest BCUT2D eigenvalue weighted by Gasteiger charge is 2.40. The molecule has 1 atom stereocenters. The SMILES string of the molecule is Cc1cc(C)c(N2C(=O)C[C@H](Nc3ccc(Cl)cc3)C2=O)c(C)c1. The second-order valence-corrected chi connectivity index (χ2v) is 6.66. The lowest BCUT2D eigenvalue weighted by Crippen LogP contribution is -2.35. The predicted octanol–water partition coefficient (Wildman–Crippen LogP) is 4.01. The first-order valence-electron chi connectivity index (χ1n) is 7.83. The Bertz CT molecular complexity index is 792. The summed E-state index contributed by atoms with van der Waals surface area (Å²) in [5, 5.41) is 3.75. The average molecular weight is 343 g/mol. The number of rotatable bonds is 3. The van der Waals surface area contributed by atoms with Gasteiger partial charge in [0.05, 0.1) is 12.1 Å². The van der Waals surface area contributed by atoms with Crippen molar-refractivity contribution in [1.29, 1.82) is 0 Å². The van der Waals surface area contributed by atoms with Gasteiger partial charge in [-0.05, 0) is 56.2 Å². The van der Waals surface area contributed by atoms with E-state index in [4.69, 9.17) is 11.6 Å². The molecule has 2 aromatic carbocycles. The molecule has 2 amide bonds. The molecule has 1 fully saturated rings. The number of nitrogens with one attached hydrogen (secondary N) is 1. The Morgan fingerprint density at radius 1 is 1.04 bits per heavy atom. The van der Waals surface area contributed by atoms with Gasteiger partial charge < -0.3 is 5.32 Å². The molecule has 0 bridgehead atoms. The van der Waals surface area contributed by atoms with Crippen LogP contribution in [0.5, 0.6) is 0 Å². The highest BCUT2D eigenvalue weighted by molar-refractivity contribution is 6.30. The normalized spacial score (nSPS) is 17.5. The lowest BCUT2D eigenvalue weighted by molar-refractivity contribution is -0.121. The van der Waals surface area contributed by atoms with Crippen molar-refractivity contribution in [3.63, 3.8) is 0 Å². The number of carbonyl (C=O) groups excluding carboxylic acids is 2. The van der Waals surface area contributed by atoms with Gasteiger partial charge in [0.15, 0.2) is 0 Å². The van der Waals surface area contributed by atoms with Gasteiger partial charge in [-0.25, -0.2) is 4.90 Å². The molecule has 5 heteroatoms. The van der Waals surface area contributed by atoms with Gasteiger partial charge in [-0.1, -0.05) is 29.3 Å². The molecule has 0 unspecified atom stereocenters. The molecule has 0 saturated carbocycles. The zero-order chi connectivity index (χ0) is 17.4. The van der Waals surface area contributed by atoms with Crippen molar-refractivity contribution in [3.05, 3.63) is 58.1 Å². The largest absolute Gasteiger partial charge is 0.373 e. The van der Waals surface area contributed by atoms with Crippen LogP contribution in [0.4, 0.5) is 11.4 Å². The summed E-state index contributed by atoms with van der Waals surface area (Å²) in [6, 6.07) is 10.5. The third kappa shape index (κ3) is 3.02. The minimum Gasteiger partial charge on any atom is -0.373 e. The van der Waals surface area contributed by atoms with Crippen LogP contribution in [0.3, 0.4) is 0 Å². The molecule has 0 spiro atoms. The van der Waals surface area contributed by atoms with Gasteiger partial charge in [0.2, 0.25) is 5.91 Å². The minimum atomic E-state index is -0.557. The Hall–Kier alpha value is -2.33. The van der Waals surface area contributed by atoms with Crippen LogP contribution in [0.2, 0.25) is 5.02 Å². The molecule has 0 aromatic heterocycles. The van der Waals surface area contributed by atoms with E-state index >= 15 is 0 Å². The number of hydrogen-bond acceptors (Lipinski definition) is 3. The van der Waals surface area contributed by atoms with Crippen LogP contribution >= 0.6 is 11.6 Å². The third-order valence-corrected chi connectivity index (χ3v) is 4.44. The van der Waals surface area contributed by atoms with Gasteiger partial charge in [-0.3, -0.25) is 9.59 Å². The predicted molar refractivity (Wildman–Crippen MR) is 96.6 cm³/mol. The van der Waals surface area contributed by atoms with E-state index in [0.717, 1.165) is 22.4 Å². The number of carbonyl (C=O) groups is 2. The number of imide groups is 1. The summed E-state index contributed by atoms with van der Waals surface area (Å²) in [6.45, 7) is 5.86. The second kappa shape index (κ2) is 6.29. The summed E-state index contributed by atoms with van der Waals surface area (Å²) < 4.78 is 0. The molecule has 24 heavy (non-hydrogen) atoms. The van der Waals surface area contributed by atoms with Crippen molar-refractivity contribution in [2.45, 2.75) is 33.2 Å². The Kier molecular flexibility index (Phi) is 4.33. The zero-order valence-electron chi connectivity index (χ0n) is 13.9. The number of anilines is 2. The van der Waals surface area contributed by atoms with E-state index in [-0.39, 0.29) is 18.2 Å². The van der Waals surface area contributed by atoms with Gasteiger partial charge in [0, 0.05) is 10.7 Å². The lowest BCUT2D eigenvalue weighted by atomic mass is 10.0. The Morgan fingerprint density at radius 2 is 1.62 bits per heavy atom. The molecule has 1 heterocycles. The smallest absolute Gasteiger partial charge is 0.256 e. The first-order valence-corrected chi connectivity index (χ1v) is 8.21. The molecular weight excluding hydrogens is 324 g/mol. The van der Waals surface area contributed by atoms with E-state index in [2.05, 4.69) is 5.32 Å². The zero-order valence-corrected chi connectivity index (χ0v) is 14.6. The number of aryl methyl sites for hydroxylation is 3. The summed E-state index contributed by atoms with van der Waals surface area (Å²) in [6.07, 6.45) is 0.147. The van der Waals surface area contributed by atoms with E-state index in [1.807, 2.05) is 32.9 Å². The first kappa shape index (κ1) is 16.5. The molecule has 1 aliphatic rings. The molecule has 0 aliphatic carbocycles. The number of benzene rings is 2. The van der Waals surface area contributed by atoms with Crippen molar-refractivity contribution in [2.75, 3.05) is 10.2 Å². The molecule has 0 radical (unpaired) electrons. The van der Waals surface area contributed by atoms with E-state index < -0.39 is 6.04 Å². The van der Waals surface area contributed by atoms with Crippen LogP contribution in [-0.2, 0) is 9.59 Å². The number of halogens is 1. The highest BCUT2D eigenvalue weighted by Crippen LogP contribution is 2.31. The summed E-state index contributed by atoms with van der Waals surface area (Å²) in [4.78, 5) is 26.6. The van der Waals surface area contributed by atoms with Gasteiger partial charge >= 0.3 is 0 Å². The maximum absolute atomic E-state index is 12.8. The Balaban J connectivity index is 1.88. The average Bonchev–Trinajstić information content (AvgIpc) is 2.76. The van der Waals surface area contributed by atoms with E-state index in [0.29, 0.717) is 10.7 Å². The van der Waals surface area contributed by atoms with Gasteiger partial charge in [0.1, 0.15) is 6.04 Å². The van der Waals surface area contributed by atoms with Crippen LogP contribution < -0.4 is 10.2 Å². The fourth-order valence-electron chi connectivity index (χ4n) is 3.25. The van der Waals surface area contributed by atoms with Gasteiger partial charge in [-0.15, -0.1) is 0 Å². The Labute approximate surface area is 146 Å². The minimum absolute atomic E-state index is 0.147. The van der Waals surface area contributed by atoms with Crippen molar-refractivity contribution >= 4 is 34.8 Å². The monoisotopic (exact) mass is 342 g/mol. The number of nitrogens with zero attached hydrogens (tertiary/aromatic N) is 1. The molecule has 1 N–H and O–H groups in total. The summed E-state index contributed by atoms with van der Waals surface area (Å²) in [7, 11) is 0. The number of amides is 2. The van der Waals surface area contributed by atoms with Crippen molar-refractivity contribution < 1.29 is 9.59 Å². The van der Waals surface area contributed by atoms with E-state index in [1.165, 1.54) is 4.90 Å². The standard InChI is InChI=1S/C19H19ClN2O2/c1-11-8-12(2)18(13(3)9-11)22-17(23)10-16(19(22)24)21-15-6-4-14(20)5-7-15/h4-9,16,21H,10H2,1-3H3/t16-/m0/s1. The molecular formula is C19H19ClN2O2. The summed E-state index contributed by atoms with van der Waals surface area (Å²) in [5.74, 6) is -0.397. The van der Waals surface area contributed by atoms with Crippen LogP contribution in [0.15, 0.2) is 36.4 Å². The molecule has 1 saturated heterocycles. The fraction of sp³-hybridized carbons (Fsp3) is 0.263. The fourth-order valence-corrected chi connectivity index (χ4v) is 3.38. The first-order chi connectivity index (χ1) is 11.4. The van der Waals surface area contributed by atoms with Gasteiger partial charge in [-0.2, -0.15) is 0 Å². The summed E-state index contributed by atoms with van der Waals surface area (Å²) >= 11 is 5.87. The molecule has 124 valence electrons. The Morgan fingerprint density at radius 3 is 2.21 bits per heavy atom. The number of hydrogen-bond donors (Lipinski definition) is 1. The van der Waals surface area contributed by atoms with Crippen LogP contribution in [-0.4, -0.2) is 17.9 Å². The van der Waals surface area contributed by atoms with Crippen molar-refractivity contribution in [2.24, 2.45) is 0 Å². The van der Waals surface area contributed by atoms with E-state index in [1.54, 1.807) is 24.3 Å². The lowest BCUT2D eigenvalue weighted by Gasteiger charge is -2.21. The van der Waals surface area contributed by atoms with Crippen molar-refractivity contribution in [3.8, 4) is 0 Å². The van der Waals surface area contributed by atoms with Crippen LogP contribution in [0, 0.1) is 20.8 Å². The maximum atomic E-state index is 12.8. The van der Waals surface area contributed by atoms with Gasteiger partial charge in [0.25, 0.3) is 5.91 Å². The topological polar surface area (TPSA) is 49.4 Å². The van der Waals surface area contributed by atoms with Crippen molar-refractivity contribution in [1.82, 2.24) is 0 Å².